The van der Waals surface area contributed by atoms with Gasteiger partial charge in [-0.2, -0.15) is 0 Å². The first-order valence-electron chi connectivity index (χ1n) is 6.37. The predicted octanol–water partition coefficient (Wildman–Crippen LogP) is 3.15. The number of fused-ring (bicyclic) bond motifs is 1. The van der Waals surface area contributed by atoms with E-state index in [-0.39, 0.29) is 5.41 Å². The lowest BCUT2D eigenvalue weighted by atomic mass is 9.69. The highest BCUT2D eigenvalue weighted by atomic mass is 16.3. The van der Waals surface area contributed by atoms with E-state index in [1.54, 1.807) is 12.1 Å². The van der Waals surface area contributed by atoms with Gasteiger partial charge in [-0.25, -0.2) is 4.98 Å². The smallest absolute Gasteiger partial charge is 0.115 e. The Hall–Kier alpha value is -1.77. The van der Waals surface area contributed by atoms with Gasteiger partial charge in [0, 0.05) is 24.4 Å². The third kappa shape index (κ3) is 1.70. The van der Waals surface area contributed by atoms with Crippen LogP contribution in [0.3, 0.4) is 0 Å². The molecule has 0 aliphatic carbocycles. The number of phenolic OH excluding ortho intramolecular Hbond substituents is 1. The van der Waals surface area contributed by atoms with Crippen LogP contribution in [0.2, 0.25) is 0 Å². The molecule has 1 N–H and O–H groups in total. The molecular weight excluding hydrogens is 224 g/mol. The molecule has 0 fully saturated rings. The highest BCUT2D eigenvalue weighted by Crippen LogP contribution is 2.46. The number of aryl methyl sites for hydroxylation is 1. The Kier molecular flexibility index (Phi) is 2.44. The zero-order valence-electron chi connectivity index (χ0n) is 10.8. The maximum Gasteiger partial charge on any atom is 0.115 e. The van der Waals surface area contributed by atoms with E-state index in [0.717, 1.165) is 13.0 Å². The van der Waals surface area contributed by atoms with E-state index in [9.17, 15) is 5.11 Å². The van der Waals surface area contributed by atoms with E-state index < -0.39 is 0 Å². The number of imidazole rings is 1. The maximum absolute atomic E-state index is 9.42. The molecular formula is C15H18N2O. The molecule has 1 aliphatic rings. The Bertz CT molecular complexity index is 554. The van der Waals surface area contributed by atoms with E-state index >= 15 is 0 Å². The standard InChI is InChI=1S/C15H18N2O/c1-15(2)7-8-17-10-16-9-13(17)14(15)11-3-5-12(18)6-4-11/h3-6,9-10,14,18H,7-8H2,1-2H3. The van der Waals surface area contributed by atoms with Crippen molar-refractivity contribution in [2.45, 2.75) is 32.7 Å². The van der Waals surface area contributed by atoms with Crippen LogP contribution in [0.1, 0.15) is 37.4 Å². The van der Waals surface area contributed by atoms with E-state index in [1.807, 2.05) is 24.7 Å². The van der Waals surface area contributed by atoms with Crippen molar-refractivity contribution < 1.29 is 5.11 Å². The zero-order chi connectivity index (χ0) is 12.8. The van der Waals surface area contributed by atoms with Crippen LogP contribution in [0.4, 0.5) is 0 Å². The number of aromatic hydroxyl groups is 1. The van der Waals surface area contributed by atoms with Crippen LogP contribution in [-0.2, 0) is 6.54 Å². The molecule has 1 aromatic heterocycles. The molecule has 94 valence electrons. The van der Waals surface area contributed by atoms with Gasteiger partial charge in [0.05, 0.1) is 6.33 Å². The first-order chi connectivity index (χ1) is 8.58. The average Bonchev–Trinajstić information content (AvgIpc) is 2.78. The van der Waals surface area contributed by atoms with Crippen LogP contribution >= 0.6 is 0 Å². The SMILES string of the molecule is CC1(C)CCn2cncc2C1c1ccc(O)cc1. The minimum absolute atomic E-state index is 0.215. The summed E-state index contributed by atoms with van der Waals surface area (Å²) in [4.78, 5) is 4.28. The highest BCUT2D eigenvalue weighted by Gasteiger charge is 2.37. The van der Waals surface area contributed by atoms with Gasteiger partial charge in [-0.3, -0.25) is 0 Å². The molecule has 3 nitrogen and oxygen atoms in total. The minimum Gasteiger partial charge on any atom is -0.508 e. The molecule has 0 bridgehead atoms. The molecule has 0 radical (unpaired) electrons. The molecule has 1 aromatic carbocycles. The van der Waals surface area contributed by atoms with Crippen LogP contribution in [0.25, 0.3) is 0 Å². The van der Waals surface area contributed by atoms with Gasteiger partial charge in [-0.15, -0.1) is 0 Å². The molecule has 2 aromatic rings. The van der Waals surface area contributed by atoms with Crippen molar-refractivity contribution in [2.75, 3.05) is 0 Å². The van der Waals surface area contributed by atoms with Crippen LogP contribution < -0.4 is 0 Å². The van der Waals surface area contributed by atoms with Crippen LogP contribution in [0, 0.1) is 5.41 Å². The number of rotatable bonds is 1. The number of hydrogen-bond acceptors (Lipinski definition) is 2. The lowest BCUT2D eigenvalue weighted by molar-refractivity contribution is 0.234. The van der Waals surface area contributed by atoms with Gasteiger partial charge >= 0.3 is 0 Å². The Morgan fingerprint density at radius 3 is 2.72 bits per heavy atom. The molecule has 0 saturated carbocycles. The van der Waals surface area contributed by atoms with Gasteiger partial charge in [-0.05, 0) is 29.5 Å². The Labute approximate surface area is 107 Å². The third-order valence-corrected chi connectivity index (χ3v) is 4.05. The molecule has 1 aliphatic heterocycles. The Balaban J connectivity index is 2.11. The van der Waals surface area contributed by atoms with Gasteiger partial charge in [-0.1, -0.05) is 26.0 Å². The van der Waals surface area contributed by atoms with Crippen LogP contribution in [0.15, 0.2) is 36.8 Å². The second kappa shape index (κ2) is 3.87. The second-order valence-electron chi connectivity index (χ2n) is 5.78. The molecule has 3 heteroatoms. The summed E-state index contributed by atoms with van der Waals surface area (Å²) in [6.07, 6.45) is 5.03. The number of hydrogen-bond donors (Lipinski definition) is 1. The van der Waals surface area contributed by atoms with E-state index in [1.165, 1.54) is 11.3 Å². The van der Waals surface area contributed by atoms with E-state index in [4.69, 9.17) is 0 Å². The summed E-state index contributed by atoms with van der Waals surface area (Å²) in [7, 11) is 0. The Morgan fingerprint density at radius 1 is 1.28 bits per heavy atom. The quantitative estimate of drug-likeness (QED) is 0.834. The van der Waals surface area contributed by atoms with E-state index in [0.29, 0.717) is 11.7 Å². The zero-order valence-corrected chi connectivity index (χ0v) is 10.8. The summed E-state index contributed by atoms with van der Waals surface area (Å²) in [5.41, 5.74) is 2.74. The van der Waals surface area contributed by atoms with Crippen molar-refractivity contribution in [3.63, 3.8) is 0 Å². The van der Waals surface area contributed by atoms with E-state index in [2.05, 4.69) is 23.4 Å². The number of phenols is 1. The number of nitrogens with zero attached hydrogens (tertiary/aromatic N) is 2. The fraction of sp³-hybridized carbons (Fsp3) is 0.400. The summed E-state index contributed by atoms with van der Waals surface area (Å²) < 4.78 is 2.24. The average molecular weight is 242 g/mol. The molecule has 0 saturated heterocycles. The van der Waals surface area contributed by atoms with Gasteiger partial charge < -0.3 is 9.67 Å². The largest absolute Gasteiger partial charge is 0.508 e. The number of aromatic nitrogens is 2. The fourth-order valence-corrected chi connectivity index (χ4v) is 3.00. The van der Waals surface area contributed by atoms with Gasteiger partial charge in [0.25, 0.3) is 0 Å². The minimum atomic E-state index is 0.215. The second-order valence-corrected chi connectivity index (χ2v) is 5.78. The first kappa shape index (κ1) is 11.3. The normalized spacial score (nSPS) is 21.6. The number of benzene rings is 1. The van der Waals surface area contributed by atoms with Crippen molar-refractivity contribution in [2.24, 2.45) is 5.41 Å². The summed E-state index contributed by atoms with van der Waals surface area (Å²) in [6, 6.07) is 7.57. The summed E-state index contributed by atoms with van der Waals surface area (Å²) in [5, 5.41) is 9.42. The highest BCUT2D eigenvalue weighted by molar-refractivity contribution is 5.35. The summed E-state index contributed by atoms with van der Waals surface area (Å²) >= 11 is 0. The predicted molar refractivity (Wildman–Crippen MR) is 70.6 cm³/mol. The molecule has 1 unspecified atom stereocenters. The van der Waals surface area contributed by atoms with Crippen LogP contribution in [-0.4, -0.2) is 14.7 Å². The van der Waals surface area contributed by atoms with Crippen molar-refractivity contribution in [3.8, 4) is 5.75 Å². The summed E-state index contributed by atoms with van der Waals surface area (Å²) in [5.74, 6) is 0.662. The molecule has 18 heavy (non-hydrogen) atoms. The van der Waals surface area contributed by atoms with Gasteiger partial charge in [0.2, 0.25) is 0 Å². The van der Waals surface area contributed by atoms with Crippen molar-refractivity contribution in [3.05, 3.63) is 48.0 Å². The van der Waals surface area contributed by atoms with Crippen molar-refractivity contribution in [1.29, 1.82) is 0 Å². The molecule has 3 rings (SSSR count). The fourth-order valence-electron chi connectivity index (χ4n) is 3.00. The van der Waals surface area contributed by atoms with Crippen molar-refractivity contribution in [1.82, 2.24) is 9.55 Å². The topological polar surface area (TPSA) is 38.0 Å². The lowest BCUT2D eigenvalue weighted by Gasteiger charge is -2.39. The van der Waals surface area contributed by atoms with Crippen molar-refractivity contribution >= 4 is 0 Å². The third-order valence-electron chi connectivity index (χ3n) is 4.05. The molecule has 2 heterocycles. The van der Waals surface area contributed by atoms with Gasteiger partial charge in [0.15, 0.2) is 0 Å². The molecule has 0 spiro atoms. The Morgan fingerprint density at radius 2 is 2.00 bits per heavy atom. The first-order valence-corrected chi connectivity index (χ1v) is 6.37. The lowest BCUT2D eigenvalue weighted by Crippen LogP contribution is -2.31. The molecule has 1 atom stereocenters. The van der Waals surface area contributed by atoms with Crippen LogP contribution in [0.5, 0.6) is 5.75 Å². The van der Waals surface area contributed by atoms with Gasteiger partial charge in [0.1, 0.15) is 5.75 Å². The monoisotopic (exact) mass is 242 g/mol. The molecule has 0 amide bonds. The maximum atomic E-state index is 9.42. The summed E-state index contributed by atoms with van der Waals surface area (Å²) in [6.45, 7) is 5.65.